The van der Waals surface area contributed by atoms with Crippen LogP contribution in [-0.4, -0.2) is 24.9 Å². The van der Waals surface area contributed by atoms with Gasteiger partial charge in [0.05, 0.1) is 13.7 Å². The van der Waals surface area contributed by atoms with Crippen molar-refractivity contribution < 1.29 is 9.84 Å². The molecular weight excluding hydrogens is 178 g/mol. The van der Waals surface area contributed by atoms with Crippen molar-refractivity contribution in [2.24, 2.45) is 5.73 Å². The molecule has 0 bridgehead atoms. The third kappa shape index (κ3) is 2.25. The maximum Gasteiger partial charge on any atom is 0.122 e. The zero-order chi connectivity index (χ0) is 10.6. The predicted molar refractivity (Wildman–Crippen MR) is 56.5 cm³/mol. The van der Waals surface area contributed by atoms with Crippen LogP contribution in [0.15, 0.2) is 24.3 Å². The third-order valence-electron chi connectivity index (χ3n) is 2.48. The molecule has 3 nitrogen and oxygen atoms in total. The number of methoxy groups -OCH3 is 1. The molecule has 0 spiro atoms. The summed E-state index contributed by atoms with van der Waals surface area (Å²) < 4.78 is 5.22. The van der Waals surface area contributed by atoms with Crippen LogP contribution in [-0.2, 0) is 0 Å². The number of ether oxygens (including phenoxy) is 1. The van der Waals surface area contributed by atoms with E-state index in [-0.39, 0.29) is 18.6 Å². The van der Waals surface area contributed by atoms with Crippen molar-refractivity contribution in [1.29, 1.82) is 0 Å². The summed E-state index contributed by atoms with van der Waals surface area (Å²) in [5.41, 5.74) is 6.81. The van der Waals surface area contributed by atoms with Crippen molar-refractivity contribution in [3.63, 3.8) is 0 Å². The summed E-state index contributed by atoms with van der Waals surface area (Å²) in [5, 5.41) is 8.96. The van der Waals surface area contributed by atoms with E-state index in [2.05, 4.69) is 0 Å². The van der Waals surface area contributed by atoms with Gasteiger partial charge in [-0.2, -0.15) is 0 Å². The zero-order valence-electron chi connectivity index (χ0n) is 8.60. The molecule has 0 aliphatic heterocycles. The van der Waals surface area contributed by atoms with E-state index in [0.29, 0.717) is 0 Å². The molecule has 1 aromatic carbocycles. The SMILES string of the molecule is COc1ccccc1C(C)C(N)CO. The molecule has 0 saturated carbocycles. The number of hydrogen-bond acceptors (Lipinski definition) is 3. The van der Waals surface area contributed by atoms with Crippen LogP contribution in [0.1, 0.15) is 18.4 Å². The van der Waals surface area contributed by atoms with Gasteiger partial charge in [0.25, 0.3) is 0 Å². The van der Waals surface area contributed by atoms with Gasteiger partial charge in [-0.05, 0) is 11.6 Å². The lowest BCUT2D eigenvalue weighted by molar-refractivity contribution is 0.251. The van der Waals surface area contributed by atoms with Crippen LogP contribution in [0.5, 0.6) is 5.75 Å². The number of aliphatic hydroxyl groups excluding tert-OH is 1. The number of para-hydroxylation sites is 1. The Balaban J connectivity index is 2.93. The van der Waals surface area contributed by atoms with E-state index in [4.69, 9.17) is 15.6 Å². The number of nitrogens with two attached hydrogens (primary N) is 1. The molecule has 14 heavy (non-hydrogen) atoms. The van der Waals surface area contributed by atoms with Crippen LogP contribution >= 0.6 is 0 Å². The Morgan fingerprint density at radius 2 is 2.07 bits per heavy atom. The molecule has 0 aromatic heterocycles. The van der Waals surface area contributed by atoms with Gasteiger partial charge in [0.2, 0.25) is 0 Å². The fourth-order valence-electron chi connectivity index (χ4n) is 1.43. The highest BCUT2D eigenvalue weighted by Gasteiger charge is 2.16. The topological polar surface area (TPSA) is 55.5 Å². The Kier molecular flexibility index (Phi) is 3.92. The van der Waals surface area contributed by atoms with E-state index in [1.807, 2.05) is 31.2 Å². The lowest BCUT2D eigenvalue weighted by atomic mass is 9.93. The molecular formula is C11H17NO2. The predicted octanol–water partition coefficient (Wildman–Crippen LogP) is 1.12. The second-order valence-electron chi connectivity index (χ2n) is 3.38. The number of hydrogen-bond donors (Lipinski definition) is 2. The first-order chi connectivity index (χ1) is 6.70. The smallest absolute Gasteiger partial charge is 0.122 e. The van der Waals surface area contributed by atoms with Crippen LogP contribution in [0.2, 0.25) is 0 Å². The summed E-state index contributed by atoms with van der Waals surface area (Å²) in [7, 11) is 1.63. The van der Waals surface area contributed by atoms with Gasteiger partial charge in [0, 0.05) is 12.0 Å². The van der Waals surface area contributed by atoms with E-state index < -0.39 is 0 Å². The van der Waals surface area contributed by atoms with Crippen molar-refractivity contribution in [3.05, 3.63) is 29.8 Å². The van der Waals surface area contributed by atoms with E-state index in [0.717, 1.165) is 11.3 Å². The minimum Gasteiger partial charge on any atom is -0.496 e. The first kappa shape index (κ1) is 11.0. The molecule has 0 saturated heterocycles. The van der Waals surface area contributed by atoms with E-state index in [1.54, 1.807) is 7.11 Å². The minimum absolute atomic E-state index is 0.0147. The molecule has 0 heterocycles. The maximum atomic E-state index is 8.96. The molecule has 0 aliphatic rings. The summed E-state index contributed by atoms with van der Waals surface area (Å²) >= 11 is 0. The van der Waals surface area contributed by atoms with Gasteiger partial charge >= 0.3 is 0 Å². The Bertz CT molecular complexity index is 288. The van der Waals surface area contributed by atoms with Crippen molar-refractivity contribution in [1.82, 2.24) is 0 Å². The maximum absolute atomic E-state index is 8.96. The summed E-state index contributed by atoms with van der Waals surface area (Å²) in [6.07, 6.45) is 0. The van der Waals surface area contributed by atoms with Gasteiger partial charge in [0.1, 0.15) is 5.75 Å². The second kappa shape index (κ2) is 4.98. The second-order valence-corrected chi connectivity index (χ2v) is 3.38. The Hall–Kier alpha value is -1.06. The van der Waals surface area contributed by atoms with Crippen LogP contribution in [0.4, 0.5) is 0 Å². The van der Waals surface area contributed by atoms with Gasteiger partial charge in [-0.15, -0.1) is 0 Å². The van der Waals surface area contributed by atoms with Crippen LogP contribution in [0, 0.1) is 0 Å². The van der Waals surface area contributed by atoms with Crippen LogP contribution in [0.25, 0.3) is 0 Å². The average molecular weight is 195 g/mol. The summed E-state index contributed by atoms with van der Waals surface area (Å²) in [6.45, 7) is 1.97. The zero-order valence-corrected chi connectivity index (χ0v) is 8.60. The molecule has 2 atom stereocenters. The fraction of sp³-hybridized carbons (Fsp3) is 0.455. The van der Waals surface area contributed by atoms with Gasteiger partial charge in [-0.3, -0.25) is 0 Å². The minimum atomic E-state index is -0.244. The first-order valence-electron chi connectivity index (χ1n) is 4.70. The highest BCUT2D eigenvalue weighted by Crippen LogP contribution is 2.27. The number of benzene rings is 1. The average Bonchev–Trinajstić information content (AvgIpc) is 2.26. The van der Waals surface area contributed by atoms with Crippen molar-refractivity contribution in [3.8, 4) is 5.75 Å². The number of rotatable bonds is 4. The lowest BCUT2D eigenvalue weighted by Crippen LogP contribution is -2.30. The highest BCUT2D eigenvalue weighted by atomic mass is 16.5. The Labute approximate surface area is 84.5 Å². The third-order valence-corrected chi connectivity index (χ3v) is 2.48. The van der Waals surface area contributed by atoms with E-state index in [9.17, 15) is 0 Å². The van der Waals surface area contributed by atoms with Crippen molar-refractivity contribution in [2.75, 3.05) is 13.7 Å². The van der Waals surface area contributed by atoms with Crippen LogP contribution < -0.4 is 10.5 Å². The molecule has 3 N–H and O–H groups in total. The van der Waals surface area contributed by atoms with Gasteiger partial charge in [0.15, 0.2) is 0 Å². The van der Waals surface area contributed by atoms with E-state index >= 15 is 0 Å². The Morgan fingerprint density at radius 3 is 2.64 bits per heavy atom. The molecule has 1 rings (SSSR count). The quantitative estimate of drug-likeness (QED) is 0.757. The normalized spacial score (nSPS) is 14.9. The van der Waals surface area contributed by atoms with Gasteiger partial charge in [-0.25, -0.2) is 0 Å². The molecule has 1 aromatic rings. The Morgan fingerprint density at radius 1 is 1.43 bits per heavy atom. The standard InChI is InChI=1S/C11H17NO2/c1-8(10(12)7-13)9-5-3-4-6-11(9)14-2/h3-6,8,10,13H,7,12H2,1-2H3. The summed E-state index contributed by atoms with van der Waals surface area (Å²) in [4.78, 5) is 0. The molecule has 0 fully saturated rings. The van der Waals surface area contributed by atoms with Crippen molar-refractivity contribution in [2.45, 2.75) is 18.9 Å². The summed E-state index contributed by atoms with van der Waals surface area (Å²) in [5.74, 6) is 0.917. The molecule has 2 unspecified atom stereocenters. The van der Waals surface area contributed by atoms with E-state index in [1.165, 1.54) is 0 Å². The molecule has 3 heteroatoms. The number of aliphatic hydroxyl groups is 1. The van der Waals surface area contributed by atoms with Crippen LogP contribution in [0.3, 0.4) is 0 Å². The van der Waals surface area contributed by atoms with Gasteiger partial charge < -0.3 is 15.6 Å². The summed E-state index contributed by atoms with van der Waals surface area (Å²) in [6, 6.07) is 7.48. The molecule has 78 valence electrons. The van der Waals surface area contributed by atoms with Gasteiger partial charge in [-0.1, -0.05) is 25.1 Å². The monoisotopic (exact) mass is 195 g/mol. The highest BCUT2D eigenvalue weighted by molar-refractivity contribution is 5.36. The lowest BCUT2D eigenvalue weighted by Gasteiger charge is -2.20. The first-order valence-corrected chi connectivity index (χ1v) is 4.70. The molecule has 0 aliphatic carbocycles. The molecule has 0 amide bonds. The fourth-order valence-corrected chi connectivity index (χ4v) is 1.43. The van der Waals surface area contributed by atoms with Crippen molar-refractivity contribution >= 4 is 0 Å². The largest absolute Gasteiger partial charge is 0.496 e. The molecule has 0 radical (unpaired) electrons.